The smallest absolute Gasteiger partial charge is 0.397 e. The van der Waals surface area contributed by atoms with Crippen molar-refractivity contribution in [2.24, 2.45) is 5.92 Å². The van der Waals surface area contributed by atoms with E-state index in [1.54, 1.807) is 0 Å². The first-order chi connectivity index (χ1) is 6.41. The number of carbonyl (C=O) groups is 1. The van der Waals surface area contributed by atoms with Crippen LogP contribution in [-0.2, 0) is 11.2 Å². The van der Waals surface area contributed by atoms with Gasteiger partial charge in [0.05, 0.1) is 12.2 Å². The fourth-order valence-corrected chi connectivity index (χ4v) is 0.963. The van der Waals surface area contributed by atoms with Crippen LogP contribution in [0.5, 0.6) is 0 Å². The Morgan fingerprint density at radius 1 is 1.57 bits per heavy atom. The Kier molecular flexibility index (Phi) is 2.83. The van der Waals surface area contributed by atoms with Crippen LogP contribution in [0.3, 0.4) is 0 Å². The van der Waals surface area contributed by atoms with Crippen LogP contribution in [0.25, 0.3) is 0 Å². The Labute approximate surface area is 77.1 Å². The first-order valence-electron chi connectivity index (χ1n) is 3.71. The molecule has 0 aromatic carbocycles. The topological polar surface area (TPSA) is 53.3 Å². The van der Waals surface area contributed by atoms with Crippen molar-refractivity contribution < 1.29 is 27.5 Å². The van der Waals surface area contributed by atoms with Crippen LogP contribution < -0.4 is 5.11 Å². The maximum absolute atomic E-state index is 12.1. The number of alkyl halides is 3. The lowest BCUT2D eigenvalue weighted by Crippen LogP contribution is -2.41. The van der Waals surface area contributed by atoms with Crippen LogP contribution in [0.4, 0.5) is 13.2 Å². The Morgan fingerprint density at radius 3 is 2.57 bits per heavy atom. The monoisotopic (exact) mass is 207 g/mol. The minimum absolute atomic E-state index is 0.0310. The lowest BCUT2D eigenvalue weighted by molar-refractivity contribution is -0.326. The zero-order chi connectivity index (χ0) is 10.8. The van der Waals surface area contributed by atoms with Gasteiger partial charge in [0.25, 0.3) is 0 Å². The quantitative estimate of drug-likeness (QED) is 0.734. The molecule has 0 radical (unpaired) electrons. The third-order valence-corrected chi connectivity index (χ3v) is 1.67. The van der Waals surface area contributed by atoms with Crippen LogP contribution >= 0.6 is 0 Å². The van der Waals surface area contributed by atoms with Crippen molar-refractivity contribution in [1.29, 1.82) is 0 Å². The number of aliphatic carboxylic acids is 1. The predicted octanol–water partition coefficient (Wildman–Crippen LogP) is 0.750. The summed E-state index contributed by atoms with van der Waals surface area (Å²) < 4.78 is 40.9. The largest absolute Gasteiger partial charge is 0.549 e. The van der Waals surface area contributed by atoms with E-state index in [0.29, 0.717) is 0 Å². The molecule has 0 saturated heterocycles. The summed E-state index contributed by atoms with van der Waals surface area (Å²) in [5.41, 5.74) is 0. The Hall–Kier alpha value is -1.46. The molecule has 78 valence electrons. The molecule has 0 aliphatic rings. The minimum Gasteiger partial charge on any atom is -0.549 e. The standard InChI is InChI=1S/C8H7F3O3/c9-8(10,11)6(7(12)13)4-5-2-1-3-14-5/h1-3,6H,4H2,(H,12,13)/p-1/t6-/m1/s1. The molecule has 1 aromatic heterocycles. The van der Waals surface area contributed by atoms with Crippen molar-refractivity contribution >= 4 is 5.97 Å². The van der Waals surface area contributed by atoms with E-state index < -0.39 is 24.5 Å². The van der Waals surface area contributed by atoms with Crippen LogP contribution in [0.1, 0.15) is 5.76 Å². The van der Waals surface area contributed by atoms with Gasteiger partial charge in [-0.1, -0.05) is 0 Å². The maximum atomic E-state index is 12.1. The first-order valence-corrected chi connectivity index (χ1v) is 3.71. The Bertz CT molecular complexity index is 302. The van der Waals surface area contributed by atoms with Gasteiger partial charge in [-0.2, -0.15) is 13.2 Å². The molecule has 0 spiro atoms. The molecule has 0 saturated carbocycles. The van der Waals surface area contributed by atoms with E-state index >= 15 is 0 Å². The summed E-state index contributed by atoms with van der Waals surface area (Å²) in [6, 6.07) is 2.67. The molecular weight excluding hydrogens is 201 g/mol. The third-order valence-electron chi connectivity index (χ3n) is 1.67. The highest BCUT2D eigenvalue weighted by atomic mass is 19.4. The molecule has 0 amide bonds. The first kappa shape index (κ1) is 10.6. The van der Waals surface area contributed by atoms with Gasteiger partial charge in [0.15, 0.2) is 0 Å². The molecule has 0 aliphatic heterocycles. The lowest BCUT2D eigenvalue weighted by Gasteiger charge is -2.19. The van der Waals surface area contributed by atoms with Gasteiger partial charge >= 0.3 is 6.18 Å². The number of hydrogen-bond donors (Lipinski definition) is 0. The number of carbonyl (C=O) groups excluding carboxylic acids is 1. The van der Waals surface area contributed by atoms with Crippen molar-refractivity contribution in [2.45, 2.75) is 12.6 Å². The lowest BCUT2D eigenvalue weighted by atomic mass is 10.0. The van der Waals surface area contributed by atoms with Gasteiger partial charge in [0.1, 0.15) is 11.7 Å². The highest BCUT2D eigenvalue weighted by Gasteiger charge is 2.41. The van der Waals surface area contributed by atoms with Crippen molar-refractivity contribution in [3.63, 3.8) is 0 Å². The number of carboxylic acid groups (broad SMARTS) is 1. The average molecular weight is 207 g/mol. The van der Waals surface area contributed by atoms with Gasteiger partial charge < -0.3 is 14.3 Å². The van der Waals surface area contributed by atoms with Gasteiger partial charge in [0, 0.05) is 6.42 Å². The second-order valence-corrected chi connectivity index (χ2v) is 2.70. The van der Waals surface area contributed by atoms with Gasteiger partial charge in [-0.3, -0.25) is 0 Å². The van der Waals surface area contributed by atoms with Crippen molar-refractivity contribution in [3.8, 4) is 0 Å². The van der Waals surface area contributed by atoms with Crippen LogP contribution in [0.15, 0.2) is 22.8 Å². The average Bonchev–Trinajstić information content (AvgIpc) is 2.48. The minimum atomic E-state index is -4.81. The fraction of sp³-hybridized carbons (Fsp3) is 0.375. The number of hydrogen-bond acceptors (Lipinski definition) is 3. The second-order valence-electron chi connectivity index (χ2n) is 2.70. The second kappa shape index (κ2) is 3.73. The maximum Gasteiger partial charge on any atom is 0.397 e. The van der Waals surface area contributed by atoms with Crippen molar-refractivity contribution in [3.05, 3.63) is 24.2 Å². The van der Waals surface area contributed by atoms with Crippen molar-refractivity contribution in [1.82, 2.24) is 0 Å². The van der Waals surface area contributed by atoms with E-state index in [4.69, 9.17) is 0 Å². The van der Waals surface area contributed by atoms with E-state index in [1.165, 1.54) is 18.4 Å². The molecule has 0 aliphatic carbocycles. The number of furan rings is 1. The molecule has 3 nitrogen and oxygen atoms in total. The number of halogens is 3. The van der Waals surface area contributed by atoms with E-state index in [9.17, 15) is 23.1 Å². The number of rotatable bonds is 3. The summed E-state index contributed by atoms with van der Waals surface area (Å²) in [4.78, 5) is 10.2. The van der Waals surface area contributed by atoms with E-state index in [1.807, 2.05) is 0 Å². The molecule has 1 aromatic rings. The summed E-state index contributed by atoms with van der Waals surface area (Å²) >= 11 is 0. The summed E-state index contributed by atoms with van der Waals surface area (Å²) in [7, 11) is 0. The van der Waals surface area contributed by atoms with E-state index in [2.05, 4.69) is 4.42 Å². The molecule has 0 unspecified atom stereocenters. The van der Waals surface area contributed by atoms with Gasteiger partial charge in [-0.05, 0) is 12.1 Å². The summed E-state index contributed by atoms with van der Waals surface area (Å²) in [5, 5.41) is 10.2. The van der Waals surface area contributed by atoms with Gasteiger partial charge in [-0.25, -0.2) is 0 Å². The van der Waals surface area contributed by atoms with E-state index in [0.717, 1.165) is 0 Å². The number of carboxylic acids is 1. The molecular formula is C8H6F3O3-. The van der Waals surface area contributed by atoms with Crippen LogP contribution in [0.2, 0.25) is 0 Å². The zero-order valence-corrected chi connectivity index (χ0v) is 6.88. The fourth-order valence-electron chi connectivity index (χ4n) is 0.963. The third kappa shape index (κ3) is 2.51. The summed E-state index contributed by atoms with van der Waals surface area (Å²) in [6.45, 7) is 0. The molecule has 1 rings (SSSR count). The normalized spacial score (nSPS) is 13.9. The van der Waals surface area contributed by atoms with Crippen LogP contribution in [-0.4, -0.2) is 12.1 Å². The Balaban J connectivity index is 2.76. The molecule has 1 heterocycles. The molecule has 0 fully saturated rings. The molecule has 14 heavy (non-hydrogen) atoms. The highest BCUT2D eigenvalue weighted by molar-refractivity contribution is 5.68. The predicted molar refractivity (Wildman–Crippen MR) is 37.0 cm³/mol. The van der Waals surface area contributed by atoms with Crippen molar-refractivity contribution in [2.75, 3.05) is 0 Å². The van der Waals surface area contributed by atoms with Crippen LogP contribution in [0, 0.1) is 5.92 Å². The zero-order valence-electron chi connectivity index (χ0n) is 6.88. The molecule has 0 N–H and O–H groups in total. The SMILES string of the molecule is O=C([O-])[C@@H](Cc1ccco1)C(F)(F)F. The highest BCUT2D eigenvalue weighted by Crippen LogP contribution is 2.28. The molecule has 1 atom stereocenters. The Morgan fingerprint density at radius 2 is 2.21 bits per heavy atom. The van der Waals surface area contributed by atoms with Gasteiger partial charge in [0.2, 0.25) is 0 Å². The molecule has 0 bridgehead atoms. The van der Waals surface area contributed by atoms with E-state index in [-0.39, 0.29) is 5.76 Å². The molecule has 6 heteroatoms. The van der Waals surface area contributed by atoms with Gasteiger partial charge in [-0.15, -0.1) is 0 Å². The summed E-state index contributed by atoms with van der Waals surface area (Å²) in [6.07, 6.45) is -4.37. The summed E-state index contributed by atoms with van der Waals surface area (Å²) in [5.74, 6) is -4.70.